The first-order valence-electron chi connectivity index (χ1n) is 9.35. The number of rotatable bonds is 5. The van der Waals surface area contributed by atoms with Crippen LogP contribution in [0.3, 0.4) is 0 Å². The zero-order valence-corrected chi connectivity index (χ0v) is 15.9. The minimum absolute atomic E-state index is 0.0937. The van der Waals surface area contributed by atoms with Gasteiger partial charge in [-0.15, -0.1) is 0 Å². The highest BCUT2D eigenvalue weighted by molar-refractivity contribution is 5.94. The lowest BCUT2D eigenvalue weighted by Crippen LogP contribution is -2.35. The van der Waals surface area contributed by atoms with Crippen LogP contribution >= 0.6 is 0 Å². The Kier molecular flexibility index (Phi) is 5.26. The van der Waals surface area contributed by atoms with Crippen LogP contribution in [0, 0.1) is 5.82 Å². The van der Waals surface area contributed by atoms with E-state index in [0.29, 0.717) is 22.0 Å². The van der Waals surface area contributed by atoms with E-state index in [9.17, 15) is 18.8 Å². The lowest BCUT2D eigenvalue weighted by atomic mass is 10.1. The van der Waals surface area contributed by atoms with Gasteiger partial charge in [0, 0.05) is 12.1 Å². The van der Waals surface area contributed by atoms with Gasteiger partial charge in [0.15, 0.2) is 0 Å². The standard InChI is InChI=1S/C23H18FN3O3/c24-18-11-7-15(8-12-18)13-25-21(28)17-9-5-16(6-10-17)14-27-22(29)19-3-1-2-4-20(19)26-23(27)30/h1-12H,13-14H2,(H,25,28)(H,26,30). The zero-order valence-electron chi connectivity index (χ0n) is 15.9. The van der Waals surface area contributed by atoms with Crippen molar-refractivity contribution in [2.45, 2.75) is 13.1 Å². The Morgan fingerprint density at radius 2 is 1.57 bits per heavy atom. The maximum absolute atomic E-state index is 12.9. The first-order valence-corrected chi connectivity index (χ1v) is 9.35. The molecule has 1 amide bonds. The Hall–Kier alpha value is -4.00. The predicted molar refractivity (Wildman–Crippen MR) is 112 cm³/mol. The smallest absolute Gasteiger partial charge is 0.329 e. The van der Waals surface area contributed by atoms with Gasteiger partial charge in [-0.1, -0.05) is 36.4 Å². The minimum Gasteiger partial charge on any atom is -0.348 e. The van der Waals surface area contributed by atoms with Gasteiger partial charge in [-0.25, -0.2) is 9.18 Å². The fourth-order valence-electron chi connectivity index (χ4n) is 3.17. The normalized spacial score (nSPS) is 10.8. The molecule has 4 rings (SSSR count). The van der Waals surface area contributed by atoms with Crippen molar-refractivity contribution in [1.29, 1.82) is 0 Å². The number of fused-ring (bicyclic) bond motifs is 1. The third-order valence-corrected chi connectivity index (χ3v) is 4.81. The number of para-hydroxylation sites is 1. The highest BCUT2D eigenvalue weighted by Gasteiger charge is 2.09. The molecule has 1 heterocycles. The van der Waals surface area contributed by atoms with Crippen molar-refractivity contribution in [3.8, 4) is 0 Å². The topological polar surface area (TPSA) is 84.0 Å². The van der Waals surface area contributed by atoms with E-state index in [2.05, 4.69) is 10.3 Å². The maximum atomic E-state index is 12.9. The molecule has 0 aliphatic heterocycles. The van der Waals surface area contributed by atoms with Crippen molar-refractivity contribution in [3.63, 3.8) is 0 Å². The van der Waals surface area contributed by atoms with E-state index >= 15 is 0 Å². The van der Waals surface area contributed by atoms with Crippen LogP contribution in [0.15, 0.2) is 82.4 Å². The predicted octanol–water partition coefficient (Wildman–Crippen LogP) is 2.81. The van der Waals surface area contributed by atoms with Crippen molar-refractivity contribution in [2.24, 2.45) is 0 Å². The van der Waals surface area contributed by atoms with E-state index in [1.165, 1.54) is 12.1 Å². The average molecular weight is 403 g/mol. The molecule has 0 aliphatic rings. The fourth-order valence-corrected chi connectivity index (χ4v) is 3.17. The van der Waals surface area contributed by atoms with Gasteiger partial charge in [0.05, 0.1) is 17.4 Å². The summed E-state index contributed by atoms with van der Waals surface area (Å²) in [5.41, 5.74) is 1.59. The third kappa shape index (κ3) is 4.05. The molecule has 0 unspecified atom stereocenters. The largest absolute Gasteiger partial charge is 0.348 e. The molecule has 0 aliphatic carbocycles. The summed E-state index contributed by atoms with van der Waals surface area (Å²) in [5, 5.41) is 3.21. The molecule has 0 atom stereocenters. The number of H-pyrrole nitrogens is 1. The van der Waals surface area contributed by atoms with Crippen LogP contribution in [0.5, 0.6) is 0 Å². The van der Waals surface area contributed by atoms with Gasteiger partial charge in [-0.3, -0.25) is 14.2 Å². The molecule has 0 spiro atoms. The molecule has 6 nitrogen and oxygen atoms in total. The SMILES string of the molecule is O=C(NCc1ccc(F)cc1)c1ccc(Cn2c(=O)[nH]c3ccccc3c2=O)cc1. The lowest BCUT2D eigenvalue weighted by molar-refractivity contribution is 0.0951. The number of carbonyl (C=O) groups is 1. The monoisotopic (exact) mass is 403 g/mol. The van der Waals surface area contributed by atoms with E-state index in [1.54, 1.807) is 60.7 Å². The van der Waals surface area contributed by atoms with E-state index in [4.69, 9.17) is 0 Å². The van der Waals surface area contributed by atoms with Crippen molar-refractivity contribution in [2.75, 3.05) is 0 Å². The Morgan fingerprint density at radius 1 is 0.900 bits per heavy atom. The van der Waals surface area contributed by atoms with Crippen molar-refractivity contribution in [3.05, 3.63) is 116 Å². The summed E-state index contributed by atoms with van der Waals surface area (Å²) in [7, 11) is 0. The second-order valence-electron chi connectivity index (χ2n) is 6.87. The van der Waals surface area contributed by atoms with Gasteiger partial charge in [-0.2, -0.15) is 0 Å². The number of hydrogen-bond donors (Lipinski definition) is 2. The van der Waals surface area contributed by atoms with Crippen molar-refractivity contribution in [1.82, 2.24) is 14.9 Å². The van der Waals surface area contributed by atoms with Gasteiger partial charge < -0.3 is 10.3 Å². The molecular formula is C23H18FN3O3. The molecule has 3 aromatic carbocycles. The maximum Gasteiger partial charge on any atom is 0.329 e. The average Bonchev–Trinajstić information content (AvgIpc) is 2.76. The summed E-state index contributed by atoms with van der Waals surface area (Å²) in [6.07, 6.45) is 0. The quantitative estimate of drug-likeness (QED) is 0.538. The van der Waals surface area contributed by atoms with E-state index in [0.717, 1.165) is 10.1 Å². The molecule has 4 aromatic rings. The number of amides is 1. The fraction of sp³-hybridized carbons (Fsp3) is 0.0870. The molecule has 0 fully saturated rings. The number of nitrogens with one attached hydrogen (secondary N) is 2. The van der Waals surface area contributed by atoms with Gasteiger partial charge in [0.2, 0.25) is 0 Å². The van der Waals surface area contributed by atoms with Crippen LogP contribution in [0.1, 0.15) is 21.5 Å². The Balaban J connectivity index is 1.48. The Labute approximate surface area is 170 Å². The Bertz CT molecular complexity index is 1320. The van der Waals surface area contributed by atoms with E-state index in [1.807, 2.05) is 0 Å². The number of carbonyl (C=O) groups excluding carboxylic acids is 1. The summed E-state index contributed by atoms with van der Waals surface area (Å²) < 4.78 is 14.1. The summed E-state index contributed by atoms with van der Waals surface area (Å²) in [5.74, 6) is -0.600. The van der Waals surface area contributed by atoms with Crippen LogP contribution in [0.2, 0.25) is 0 Å². The number of nitrogens with zero attached hydrogens (tertiary/aromatic N) is 1. The molecule has 1 aromatic heterocycles. The molecule has 0 bridgehead atoms. The van der Waals surface area contributed by atoms with Crippen LogP contribution in [-0.2, 0) is 13.1 Å². The molecule has 30 heavy (non-hydrogen) atoms. The summed E-state index contributed by atoms with van der Waals surface area (Å²) in [4.78, 5) is 39.9. The first kappa shape index (κ1) is 19.3. The third-order valence-electron chi connectivity index (χ3n) is 4.81. The van der Waals surface area contributed by atoms with Gasteiger partial charge in [0.1, 0.15) is 5.82 Å². The van der Waals surface area contributed by atoms with Crippen LogP contribution in [-0.4, -0.2) is 15.5 Å². The molecular weight excluding hydrogens is 385 g/mol. The number of aromatic amines is 1. The molecule has 150 valence electrons. The van der Waals surface area contributed by atoms with Crippen molar-refractivity contribution >= 4 is 16.8 Å². The summed E-state index contributed by atoms with van der Waals surface area (Å²) in [6, 6.07) is 19.4. The van der Waals surface area contributed by atoms with E-state index in [-0.39, 0.29) is 30.4 Å². The molecule has 0 saturated heterocycles. The minimum atomic E-state index is -0.486. The molecule has 7 heteroatoms. The second-order valence-corrected chi connectivity index (χ2v) is 6.87. The molecule has 0 saturated carbocycles. The number of benzene rings is 3. The highest BCUT2D eigenvalue weighted by Crippen LogP contribution is 2.08. The molecule has 0 radical (unpaired) electrons. The van der Waals surface area contributed by atoms with Gasteiger partial charge in [-0.05, 0) is 47.5 Å². The number of hydrogen-bond acceptors (Lipinski definition) is 3. The second kappa shape index (κ2) is 8.16. The Morgan fingerprint density at radius 3 is 2.30 bits per heavy atom. The van der Waals surface area contributed by atoms with Crippen LogP contribution in [0.25, 0.3) is 10.9 Å². The van der Waals surface area contributed by atoms with Gasteiger partial charge >= 0.3 is 5.69 Å². The number of halogens is 1. The zero-order chi connectivity index (χ0) is 21.1. The first-order chi connectivity index (χ1) is 14.5. The van der Waals surface area contributed by atoms with Crippen molar-refractivity contribution < 1.29 is 9.18 Å². The lowest BCUT2D eigenvalue weighted by Gasteiger charge is -2.08. The molecule has 2 N–H and O–H groups in total. The van der Waals surface area contributed by atoms with Crippen LogP contribution in [0.4, 0.5) is 4.39 Å². The summed E-state index contributed by atoms with van der Waals surface area (Å²) >= 11 is 0. The number of aromatic nitrogens is 2. The van der Waals surface area contributed by atoms with E-state index < -0.39 is 5.69 Å². The highest BCUT2D eigenvalue weighted by atomic mass is 19.1. The summed E-state index contributed by atoms with van der Waals surface area (Å²) in [6.45, 7) is 0.374. The van der Waals surface area contributed by atoms with Crippen LogP contribution < -0.4 is 16.6 Å². The van der Waals surface area contributed by atoms with Gasteiger partial charge in [0.25, 0.3) is 11.5 Å².